The number of thioether (sulfide) groups is 1. The molecular weight excluding hydrogens is 296 g/mol. The number of carbonyl (C=O) groups excluding carboxylic acids is 1. The van der Waals surface area contributed by atoms with Gasteiger partial charge in [-0.1, -0.05) is 41.5 Å². The topological polar surface area (TPSA) is 46.5 Å². The molecule has 0 aromatic heterocycles. The molecule has 0 radical (unpaired) electrons. The van der Waals surface area contributed by atoms with E-state index in [-0.39, 0.29) is 16.8 Å². The first-order valence-corrected chi connectivity index (χ1v) is 8.53. The van der Waals surface area contributed by atoms with Crippen LogP contribution in [-0.4, -0.2) is 23.9 Å². The van der Waals surface area contributed by atoms with Gasteiger partial charge in [0, 0.05) is 21.8 Å². The second kappa shape index (κ2) is 6.95. The van der Waals surface area contributed by atoms with Crippen LogP contribution in [0.25, 0.3) is 0 Å². The van der Waals surface area contributed by atoms with Crippen molar-refractivity contribution in [3.63, 3.8) is 0 Å². The monoisotopic (exact) mass is 324 g/mol. The SMILES string of the molecule is COC(=O)CCSc1cc(C(C)(C)C)c(O)c(C(C)(C)C)c1. The Morgan fingerprint density at radius 1 is 1.09 bits per heavy atom. The van der Waals surface area contributed by atoms with Crippen LogP contribution in [0.15, 0.2) is 17.0 Å². The normalized spacial score (nSPS) is 12.3. The van der Waals surface area contributed by atoms with E-state index < -0.39 is 0 Å². The van der Waals surface area contributed by atoms with Crippen LogP contribution in [0, 0.1) is 0 Å². The lowest BCUT2D eigenvalue weighted by molar-refractivity contribution is -0.140. The number of ether oxygens (including phenoxy) is 1. The van der Waals surface area contributed by atoms with E-state index in [1.165, 1.54) is 7.11 Å². The fourth-order valence-electron chi connectivity index (χ4n) is 2.19. The van der Waals surface area contributed by atoms with E-state index in [4.69, 9.17) is 0 Å². The smallest absolute Gasteiger partial charge is 0.306 e. The minimum atomic E-state index is -0.196. The van der Waals surface area contributed by atoms with Gasteiger partial charge in [0.15, 0.2) is 0 Å². The van der Waals surface area contributed by atoms with Crippen LogP contribution >= 0.6 is 11.8 Å². The summed E-state index contributed by atoms with van der Waals surface area (Å²) in [4.78, 5) is 12.3. The molecule has 0 unspecified atom stereocenters. The molecule has 0 aliphatic heterocycles. The lowest BCUT2D eigenvalue weighted by atomic mass is 9.79. The van der Waals surface area contributed by atoms with E-state index in [2.05, 4.69) is 46.3 Å². The Hall–Kier alpha value is -1.16. The number of hydrogen-bond acceptors (Lipinski definition) is 4. The van der Waals surface area contributed by atoms with E-state index in [1.54, 1.807) is 11.8 Å². The van der Waals surface area contributed by atoms with Crippen molar-refractivity contribution in [2.45, 2.75) is 63.7 Å². The fraction of sp³-hybridized carbons (Fsp3) is 0.611. The van der Waals surface area contributed by atoms with E-state index in [9.17, 15) is 9.90 Å². The summed E-state index contributed by atoms with van der Waals surface area (Å²) in [5, 5.41) is 10.7. The predicted octanol–water partition coefficient (Wildman–Crippen LogP) is 4.64. The second-order valence-corrected chi connectivity index (χ2v) is 8.71. The first-order valence-electron chi connectivity index (χ1n) is 7.54. The maximum atomic E-state index is 11.2. The van der Waals surface area contributed by atoms with Gasteiger partial charge in [-0.15, -0.1) is 11.8 Å². The molecule has 0 heterocycles. The zero-order chi connectivity index (χ0) is 17.1. The molecule has 4 heteroatoms. The van der Waals surface area contributed by atoms with Gasteiger partial charge >= 0.3 is 5.97 Å². The van der Waals surface area contributed by atoms with Gasteiger partial charge in [0.25, 0.3) is 0 Å². The summed E-state index contributed by atoms with van der Waals surface area (Å²) in [5.41, 5.74) is 1.62. The number of benzene rings is 1. The van der Waals surface area contributed by atoms with E-state index in [0.717, 1.165) is 16.0 Å². The summed E-state index contributed by atoms with van der Waals surface area (Å²) in [6.45, 7) is 12.6. The van der Waals surface area contributed by atoms with Crippen molar-refractivity contribution < 1.29 is 14.6 Å². The summed E-state index contributed by atoms with van der Waals surface area (Å²) >= 11 is 1.62. The van der Waals surface area contributed by atoms with Gasteiger partial charge in [0.2, 0.25) is 0 Å². The maximum absolute atomic E-state index is 11.2. The second-order valence-electron chi connectivity index (χ2n) is 7.54. The molecule has 0 aliphatic rings. The summed E-state index contributed by atoms with van der Waals surface area (Å²) in [6.07, 6.45) is 0.387. The minimum absolute atomic E-state index is 0.136. The number of rotatable bonds is 4. The summed E-state index contributed by atoms with van der Waals surface area (Å²) in [6, 6.07) is 4.07. The van der Waals surface area contributed by atoms with Gasteiger partial charge in [-0.3, -0.25) is 4.79 Å². The van der Waals surface area contributed by atoms with Crippen LogP contribution in [0.2, 0.25) is 0 Å². The lowest BCUT2D eigenvalue weighted by Gasteiger charge is -2.28. The number of phenolic OH excluding ortho intramolecular Hbond substituents is 1. The van der Waals surface area contributed by atoms with Crippen molar-refractivity contribution in [1.82, 2.24) is 0 Å². The highest BCUT2D eigenvalue weighted by Gasteiger charge is 2.26. The molecule has 0 bridgehead atoms. The summed E-state index contributed by atoms with van der Waals surface area (Å²) < 4.78 is 4.67. The van der Waals surface area contributed by atoms with Crippen LogP contribution in [0.5, 0.6) is 5.75 Å². The van der Waals surface area contributed by atoms with Gasteiger partial charge < -0.3 is 9.84 Å². The standard InChI is InChI=1S/C18H28O3S/c1-17(2,3)13-10-12(22-9-8-15(19)21-7)11-14(16(13)20)18(4,5)6/h10-11,20H,8-9H2,1-7H3. The average Bonchev–Trinajstić information content (AvgIpc) is 2.37. The van der Waals surface area contributed by atoms with Crippen LogP contribution in [-0.2, 0) is 20.4 Å². The lowest BCUT2D eigenvalue weighted by Crippen LogP contribution is -2.17. The fourth-order valence-corrected chi connectivity index (χ4v) is 3.10. The van der Waals surface area contributed by atoms with Crippen LogP contribution in [0.4, 0.5) is 0 Å². The van der Waals surface area contributed by atoms with Crippen molar-refractivity contribution in [2.75, 3.05) is 12.9 Å². The van der Waals surface area contributed by atoms with Gasteiger partial charge in [-0.05, 0) is 23.0 Å². The molecule has 3 nitrogen and oxygen atoms in total. The Morgan fingerprint density at radius 3 is 1.91 bits per heavy atom. The first-order chi connectivity index (χ1) is 9.96. The van der Waals surface area contributed by atoms with E-state index in [0.29, 0.717) is 17.9 Å². The zero-order valence-electron chi connectivity index (χ0n) is 14.7. The molecule has 0 fully saturated rings. The van der Waals surface area contributed by atoms with E-state index in [1.807, 2.05) is 12.1 Å². The highest BCUT2D eigenvalue weighted by molar-refractivity contribution is 7.99. The predicted molar refractivity (Wildman–Crippen MR) is 92.9 cm³/mol. The minimum Gasteiger partial charge on any atom is -0.507 e. The highest BCUT2D eigenvalue weighted by atomic mass is 32.2. The average molecular weight is 324 g/mol. The Bertz CT molecular complexity index is 501. The molecule has 1 rings (SSSR count). The number of aromatic hydroxyl groups is 1. The molecule has 0 saturated heterocycles. The zero-order valence-corrected chi connectivity index (χ0v) is 15.6. The van der Waals surface area contributed by atoms with Crippen molar-refractivity contribution in [3.8, 4) is 5.75 Å². The van der Waals surface area contributed by atoms with E-state index >= 15 is 0 Å². The molecule has 22 heavy (non-hydrogen) atoms. The summed E-state index contributed by atoms with van der Waals surface area (Å²) in [7, 11) is 1.41. The molecule has 0 spiro atoms. The third-order valence-electron chi connectivity index (χ3n) is 3.50. The Labute approximate surface area is 138 Å². The molecule has 0 amide bonds. The molecule has 1 aromatic carbocycles. The number of carbonyl (C=O) groups is 1. The van der Waals surface area contributed by atoms with Gasteiger partial charge in [0.05, 0.1) is 13.5 Å². The number of hydrogen-bond donors (Lipinski definition) is 1. The first kappa shape index (κ1) is 18.9. The van der Waals surface area contributed by atoms with Crippen molar-refractivity contribution in [1.29, 1.82) is 0 Å². The number of phenols is 1. The molecule has 0 atom stereocenters. The molecular formula is C18H28O3S. The highest BCUT2D eigenvalue weighted by Crippen LogP contribution is 2.41. The number of methoxy groups -OCH3 is 1. The largest absolute Gasteiger partial charge is 0.507 e. The van der Waals surface area contributed by atoms with Crippen LogP contribution in [0.3, 0.4) is 0 Å². The van der Waals surface area contributed by atoms with Gasteiger partial charge in [-0.2, -0.15) is 0 Å². The third kappa shape index (κ3) is 4.94. The molecule has 0 saturated carbocycles. The summed E-state index contributed by atoms with van der Waals surface area (Å²) in [5.74, 6) is 0.862. The van der Waals surface area contributed by atoms with Gasteiger partial charge in [-0.25, -0.2) is 0 Å². The quantitative estimate of drug-likeness (QED) is 0.647. The van der Waals surface area contributed by atoms with Crippen molar-refractivity contribution in [2.24, 2.45) is 0 Å². The Kier molecular flexibility index (Phi) is 5.96. The van der Waals surface area contributed by atoms with Crippen molar-refractivity contribution in [3.05, 3.63) is 23.3 Å². The van der Waals surface area contributed by atoms with Gasteiger partial charge in [0.1, 0.15) is 5.75 Å². The van der Waals surface area contributed by atoms with Crippen LogP contribution < -0.4 is 0 Å². The van der Waals surface area contributed by atoms with Crippen molar-refractivity contribution >= 4 is 17.7 Å². The molecule has 124 valence electrons. The Balaban J connectivity index is 3.16. The number of esters is 1. The molecule has 1 N–H and O–H groups in total. The maximum Gasteiger partial charge on any atom is 0.306 e. The molecule has 1 aromatic rings. The van der Waals surface area contributed by atoms with Crippen LogP contribution in [0.1, 0.15) is 59.1 Å². The Morgan fingerprint density at radius 2 is 1.55 bits per heavy atom. The third-order valence-corrected chi connectivity index (χ3v) is 4.48. The molecule has 0 aliphatic carbocycles.